The Labute approximate surface area is 107 Å². The van der Waals surface area contributed by atoms with E-state index in [1.807, 2.05) is 36.5 Å². The van der Waals surface area contributed by atoms with Crippen molar-refractivity contribution in [1.82, 2.24) is 4.57 Å². The molecule has 2 aromatic rings. The molecule has 1 aromatic heterocycles. The average molecular weight is 243 g/mol. The van der Waals surface area contributed by atoms with Crippen molar-refractivity contribution in [3.8, 4) is 0 Å². The smallest absolute Gasteiger partial charge is 0.311 e. The third-order valence-electron chi connectivity index (χ3n) is 3.12. The molecule has 0 aliphatic rings. The van der Waals surface area contributed by atoms with Gasteiger partial charge in [0.15, 0.2) is 0 Å². The summed E-state index contributed by atoms with van der Waals surface area (Å²) in [5, 5.41) is 0. The quantitative estimate of drug-likeness (QED) is 0.773. The number of methoxy groups -OCH3 is 1. The summed E-state index contributed by atoms with van der Waals surface area (Å²) in [5.74, 6) is -0.213. The van der Waals surface area contributed by atoms with Gasteiger partial charge in [-0.2, -0.15) is 0 Å². The first-order valence-corrected chi connectivity index (χ1v) is 6.00. The molecule has 0 saturated carbocycles. The van der Waals surface area contributed by atoms with E-state index in [4.69, 9.17) is 4.74 Å². The van der Waals surface area contributed by atoms with E-state index in [1.54, 1.807) is 0 Å². The number of benzene rings is 1. The predicted molar refractivity (Wildman–Crippen MR) is 70.4 cm³/mol. The molecule has 0 N–H and O–H groups in total. The van der Waals surface area contributed by atoms with E-state index in [1.165, 1.54) is 12.7 Å². The summed E-state index contributed by atoms with van der Waals surface area (Å²) in [6, 6.07) is 14.3. The molecule has 0 unspecified atom stereocenters. The molecular formula is C15H17NO2. The van der Waals surface area contributed by atoms with E-state index in [9.17, 15) is 4.79 Å². The Kier molecular flexibility index (Phi) is 3.82. The van der Waals surface area contributed by atoms with E-state index in [-0.39, 0.29) is 12.0 Å². The largest absolute Gasteiger partial charge is 0.469 e. The van der Waals surface area contributed by atoms with Crippen LogP contribution in [-0.4, -0.2) is 17.6 Å². The minimum absolute atomic E-state index is 0.209. The van der Waals surface area contributed by atoms with Crippen LogP contribution in [0.25, 0.3) is 0 Å². The predicted octanol–water partition coefficient (Wildman–Crippen LogP) is 2.81. The molecule has 1 heterocycles. The SMILES string of the molecule is COC(=O)Cc1cccn1[C@@H](C)c1ccccc1. The Bertz CT molecular complexity index is 516. The van der Waals surface area contributed by atoms with Gasteiger partial charge < -0.3 is 9.30 Å². The summed E-state index contributed by atoms with van der Waals surface area (Å²) < 4.78 is 6.82. The first kappa shape index (κ1) is 12.4. The zero-order chi connectivity index (χ0) is 13.0. The maximum absolute atomic E-state index is 11.4. The second kappa shape index (κ2) is 5.54. The Hall–Kier alpha value is -2.03. The van der Waals surface area contributed by atoms with Gasteiger partial charge in [0, 0.05) is 11.9 Å². The molecule has 0 saturated heterocycles. The van der Waals surface area contributed by atoms with E-state index in [0.717, 1.165) is 5.69 Å². The topological polar surface area (TPSA) is 31.2 Å². The van der Waals surface area contributed by atoms with Crippen molar-refractivity contribution in [2.75, 3.05) is 7.11 Å². The van der Waals surface area contributed by atoms with Crippen LogP contribution in [0.15, 0.2) is 48.7 Å². The zero-order valence-corrected chi connectivity index (χ0v) is 10.7. The summed E-state index contributed by atoms with van der Waals surface area (Å²) in [6.07, 6.45) is 2.30. The van der Waals surface area contributed by atoms with Crippen LogP contribution < -0.4 is 0 Å². The molecule has 0 radical (unpaired) electrons. The van der Waals surface area contributed by atoms with Gasteiger partial charge in [0.2, 0.25) is 0 Å². The van der Waals surface area contributed by atoms with Crippen molar-refractivity contribution in [3.05, 3.63) is 59.9 Å². The first-order valence-electron chi connectivity index (χ1n) is 6.00. The van der Waals surface area contributed by atoms with Crippen molar-refractivity contribution >= 4 is 5.97 Å². The third kappa shape index (κ3) is 2.62. The van der Waals surface area contributed by atoms with Gasteiger partial charge in [-0.3, -0.25) is 4.79 Å². The van der Waals surface area contributed by atoms with E-state index in [2.05, 4.69) is 23.6 Å². The molecule has 0 bridgehead atoms. The van der Waals surface area contributed by atoms with Crippen LogP contribution in [-0.2, 0) is 16.0 Å². The van der Waals surface area contributed by atoms with Crippen LogP contribution in [0, 0.1) is 0 Å². The van der Waals surface area contributed by atoms with Crippen molar-refractivity contribution in [1.29, 1.82) is 0 Å². The lowest BCUT2D eigenvalue weighted by Gasteiger charge is -2.17. The summed E-state index contributed by atoms with van der Waals surface area (Å²) in [5.41, 5.74) is 2.19. The fourth-order valence-corrected chi connectivity index (χ4v) is 2.07. The molecule has 94 valence electrons. The van der Waals surface area contributed by atoms with Crippen LogP contribution in [0.2, 0.25) is 0 Å². The molecule has 3 nitrogen and oxygen atoms in total. The second-order valence-corrected chi connectivity index (χ2v) is 4.25. The number of nitrogens with zero attached hydrogens (tertiary/aromatic N) is 1. The summed E-state index contributed by atoms with van der Waals surface area (Å²) >= 11 is 0. The molecule has 3 heteroatoms. The molecule has 18 heavy (non-hydrogen) atoms. The molecule has 0 amide bonds. The standard InChI is InChI=1S/C15H17NO2/c1-12(13-7-4-3-5-8-13)16-10-6-9-14(16)11-15(17)18-2/h3-10,12H,11H2,1-2H3/t12-/m0/s1. The number of hydrogen-bond donors (Lipinski definition) is 0. The highest BCUT2D eigenvalue weighted by Crippen LogP contribution is 2.20. The van der Waals surface area contributed by atoms with Crippen LogP contribution in [0.3, 0.4) is 0 Å². The fraction of sp³-hybridized carbons (Fsp3) is 0.267. The molecule has 2 rings (SSSR count). The van der Waals surface area contributed by atoms with Gasteiger partial charge in [-0.25, -0.2) is 0 Å². The Balaban J connectivity index is 2.24. The summed E-state index contributed by atoms with van der Waals surface area (Å²) in [4.78, 5) is 11.4. The molecule has 1 atom stereocenters. The molecule has 0 spiro atoms. The van der Waals surface area contributed by atoms with Crippen LogP contribution in [0.4, 0.5) is 0 Å². The van der Waals surface area contributed by atoms with Crippen molar-refractivity contribution in [2.45, 2.75) is 19.4 Å². The lowest BCUT2D eigenvalue weighted by atomic mass is 10.1. The average Bonchev–Trinajstić information content (AvgIpc) is 2.86. The van der Waals surface area contributed by atoms with Crippen molar-refractivity contribution in [3.63, 3.8) is 0 Å². The highest BCUT2D eigenvalue weighted by molar-refractivity contribution is 5.71. The number of hydrogen-bond acceptors (Lipinski definition) is 2. The van der Waals surface area contributed by atoms with Gasteiger partial charge in [0.25, 0.3) is 0 Å². The number of carbonyl (C=O) groups is 1. The number of carbonyl (C=O) groups excluding carboxylic acids is 1. The van der Waals surface area contributed by atoms with Gasteiger partial charge in [-0.1, -0.05) is 30.3 Å². The highest BCUT2D eigenvalue weighted by Gasteiger charge is 2.13. The molecule has 0 aliphatic carbocycles. The molecule has 0 fully saturated rings. The Morgan fingerprint density at radius 2 is 1.94 bits per heavy atom. The number of aromatic nitrogens is 1. The van der Waals surface area contributed by atoms with Crippen molar-refractivity contribution < 1.29 is 9.53 Å². The fourth-order valence-electron chi connectivity index (χ4n) is 2.07. The van der Waals surface area contributed by atoms with Crippen LogP contribution in [0.5, 0.6) is 0 Å². The maximum Gasteiger partial charge on any atom is 0.311 e. The third-order valence-corrected chi connectivity index (χ3v) is 3.12. The van der Waals surface area contributed by atoms with Crippen molar-refractivity contribution in [2.24, 2.45) is 0 Å². The Morgan fingerprint density at radius 1 is 1.22 bits per heavy atom. The molecule has 0 aliphatic heterocycles. The van der Waals surface area contributed by atoms with E-state index < -0.39 is 0 Å². The minimum atomic E-state index is -0.213. The first-order chi connectivity index (χ1) is 8.72. The monoisotopic (exact) mass is 243 g/mol. The summed E-state index contributed by atoms with van der Waals surface area (Å²) in [7, 11) is 1.41. The van der Waals surface area contributed by atoms with Crippen LogP contribution >= 0.6 is 0 Å². The van der Waals surface area contributed by atoms with Gasteiger partial charge in [-0.15, -0.1) is 0 Å². The summed E-state index contributed by atoms with van der Waals surface area (Å²) in [6.45, 7) is 2.12. The normalized spacial score (nSPS) is 12.1. The van der Waals surface area contributed by atoms with E-state index in [0.29, 0.717) is 6.42 Å². The highest BCUT2D eigenvalue weighted by atomic mass is 16.5. The zero-order valence-electron chi connectivity index (χ0n) is 10.7. The maximum atomic E-state index is 11.4. The lowest BCUT2D eigenvalue weighted by Crippen LogP contribution is -2.13. The number of ether oxygens (including phenoxy) is 1. The Morgan fingerprint density at radius 3 is 2.61 bits per heavy atom. The van der Waals surface area contributed by atoms with Crippen LogP contribution in [0.1, 0.15) is 24.2 Å². The van der Waals surface area contributed by atoms with Gasteiger partial charge >= 0.3 is 5.97 Å². The minimum Gasteiger partial charge on any atom is -0.469 e. The number of esters is 1. The van der Waals surface area contributed by atoms with Gasteiger partial charge in [-0.05, 0) is 24.6 Å². The van der Waals surface area contributed by atoms with E-state index >= 15 is 0 Å². The number of rotatable bonds is 4. The van der Waals surface area contributed by atoms with Gasteiger partial charge in [0.1, 0.15) is 0 Å². The lowest BCUT2D eigenvalue weighted by molar-refractivity contribution is -0.139. The second-order valence-electron chi connectivity index (χ2n) is 4.25. The van der Waals surface area contributed by atoms with Gasteiger partial charge in [0.05, 0.1) is 19.6 Å². The molecular weight excluding hydrogens is 226 g/mol. The molecule has 1 aromatic carbocycles.